The number of fused-ring (bicyclic) bond motifs is 1. The maximum absolute atomic E-state index is 12.4. The second-order valence-corrected chi connectivity index (χ2v) is 9.26. The van der Waals surface area contributed by atoms with E-state index >= 15 is 0 Å². The molecule has 0 amide bonds. The lowest BCUT2D eigenvalue weighted by molar-refractivity contribution is -0.0694. The number of nitrogens with two attached hydrogens (primary N) is 1. The van der Waals surface area contributed by atoms with E-state index in [-0.39, 0.29) is 11.9 Å². The number of aromatic nitrogens is 2. The Balaban J connectivity index is 1.81. The van der Waals surface area contributed by atoms with Gasteiger partial charge in [0.1, 0.15) is 5.82 Å². The standard InChI is InChI=1S/C15H26N6O3S/c1-11-8-13(18-14(16)17-11)20-6-4-15(22)5-7-21(10-12(15)9-20)25(23,24)19(2)3/h8,12,22H,4-7,9-10H2,1-3H3,(H2,16,17,18)/t12-,15-/m1/s1. The van der Waals surface area contributed by atoms with Crippen molar-refractivity contribution in [3.63, 3.8) is 0 Å². The van der Waals surface area contributed by atoms with Crippen molar-refractivity contribution in [3.8, 4) is 0 Å². The van der Waals surface area contributed by atoms with Gasteiger partial charge in [-0.3, -0.25) is 0 Å². The minimum Gasteiger partial charge on any atom is -0.389 e. The number of aliphatic hydroxyl groups is 1. The summed E-state index contributed by atoms with van der Waals surface area (Å²) >= 11 is 0. The molecule has 3 heterocycles. The third kappa shape index (κ3) is 3.43. The molecule has 2 aliphatic rings. The number of hydrogen-bond donors (Lipinski definition) is 2. The smallest absolute Gasteiger partial charge is 0.281 e. The van der Waals surface area contributed by atoms with Crippen molar-refractivity contribution in [1.82, 2.24) is 18.6 Å². The first kappa shape index (κ1) is 18.3. The lowest BCUT2D eigenvalue weighted by Gasteiger charge is -2.50. The highest BCUT2D eigenvalue weighted by Crippen LogP contribution is 2.37. The first-order valence-electron chi connectivity index (χ1n) is 8.38. The van der Waals surface area contributed by atoms with E-state index in [2.05, 4.69) is 14.9 Å². The van der Waals surface area contributed by atoms with Crippen LogP contribution in [0.3, 0.4) is 0 Å². The monoisotopic (exact) mass is 370 g/mol. The van der Waals surface area contributed by atoms with E-state index in [9.17, 15) is 13.5 Å². The van der Waals surface area contributed by atoms with Crippen LogP contribution in [-0.4, -0.2) is 78.0 Å². The van der Waals surface area contributed by atoms with Gasteiger partial charge in [-0.25, -0.2) is 4.98 Å². The number of anilines is 2. The van der Waals surface area contributed by atoms with Crippen LogP contribution in [0.15, 0.2) is 6.07 Å². The van der Waals surface area contributed by atoms with Gasteiger partial charge in [0.15, 0.2) is 0 Å². The molecule has 10 heteroatoms. The zero-order valence-electron chi connectivity index (χ0n) is 14.9. The molecule has 2 fully saturated rings. The molecule has 2 saturated heterocycles. The lowest BCUT2D eigenvalue weighted by Crippen LogP contribution is -2.61. The average Bonchev–Trinajstić information content (AvgIpc) is 2.52. The average molecular weight is 370 g/mol. The minimum atomic E-state index is -3.48. The fourth-order valence-corrected chi connectivity index (χ4v) is 4.81. The molecular formula is C15H26N6O3S. The van der Waals surface area contributed by atoms with E-state index in [0.29, 0.717) is 39.0 Å². The van der Waals surface area contributed by atoms with E-state index in [1.54, 1.807) is 0 Å². The van der Waals surface area contributed by atoms with Gasteiger partial charge in [-0.05, 0) is 19.8 Å². The van der Waals surface area contributed by atoms with Gasteiger partial charge in [-0.1, -0.05) is 0 Å². The molecule has 1 aromatic heterocycles. The topological polar surface area (TPSA) is 116 Å². The fraction of sp³-hybridized carbons (Fsp3) is 0.733. The largest absolute Gasteiger partial charge is 0.389 e. The van der Waals surface area contributed by atoms with Gasteiger partial charge in [-0.15, -0.1) is 0 Å². The Morgan fingerprint density at radius 1 is 1.28 bits per heavy atom. The summed E-state index contributed by atoms with van der Waals surface area (Å²) in [5.41, 5.74) is 5.70. The van der Waals surface area contributed by atoms with Gasteiger partial charge < -0.3 is 15.7 Å². The van der Waals surface area contributed by atoms with Crippen LogP contribution in [-0.2, 0) is 10.2 Å². The Kier molecular flexibility index (Phi) is 4.65. The van der Waals surface area contributed by atoms with Crippen LogP contribution in [0.2, 0.25) is 0 Å². The van der Waals surface area contributed by atoms with Gasteiger partial charge >= 0.3 is 0 Å². The van der Waals surface area contributed by atoms with Crippen LogP contribution in [0, 0.1) is 12.8 Å². The number of hydrogen-bond acceptors (Lipinski definition) is 7. The highest BCUT2D eigenvalue weighted by Gasteiger charge is 2.47. The first-order chi connectivity index (χ1) is 11.6. The maximum atomic E-state index is 12.4. The summed E-state index contributed by atoms with van der Waals surface area (Å²) in [6.45, 7) is 3.68. The summed E-state index contributed by atoms with van der Waals surface area (Å²) in [5.74, 6) is 0.761. The molecule has 0 spiro atoms. The fourth-order valence-electron chi connectivity index (χ4n) is 3.66. The zero-order chi connectivity index (χ0) is 18.4. The quantitative estimate of drug-likeness (QED) is 0.732. The van der Waals surface area contributed by atoms with Crippen molar-refractivity contribution in [2.45, 2.75) is 25.4 Å². The highest BCUT2D eigenvalue weighted by molar-refractivity contribution is 7.86. The molecule has 2 aliphatic heterocycles. The molecule has 1 aromatic rings. The van der Waals surface area contributed by atoms with E-state index in [1.807, 2.05) is 13.0 Å². The second kappa shape index (κ2) is 6.35. The number of aryl methyl sites for hydroxylation is 1. The summed E-state index contributed by atoms with van der Waals surface area (Å²) in [6, 6.07) is 1.86. The predicted molar refractivity (Wildman–Crippen MR) is 95.2 cm³/mol. The zero-order valence-corrected chi connectivity index (χ0v) is 15.7. The van der Waals surface area contributed by atoms with Crippen LogP contribution in [0.1, 0.15) is 18.5 Å². The summed E-state index contributed by atoms with van der Waals surface area (Å²) in [6.07, 6.45) is 1.03. The first-order valence-corrected chi connectivity index (χ1v) is 9.77. The van der Waals surface area contributed by atoms with E-state index in [4.69, 9.17) is 5.73 Å². The summed E-state index contributed by atoms with van der Waals surface area (Å²) < 4.78 is 27.5. The Hall–Kier alpha value is -1.49. The lowest BCUT2D eigenvalue weighted by atomic mass is 9.76. The number of nitrogens with zero attached hydrogens (tertiary/aromatic N) is 5. The third-order valence-corrected chi connectivity index (χ3v) is 7.11. The number of nitrogen functional groups attached to an aromatic ring is 1. The molecule has 9 nitrogen and oxygen atoms in total. The maximum Gasteiger partial charge on any atom is 0.281 e. The van der Waals surface area contributed by atoms with Crippen LogP contribution in [0.25, 0.3) is 0 Å². The Morgan fingerprint density at radius 2 is 1.96 bits per heavy atom. The molecule has 25 heavy (non-hydrogen) atoms. The molecule has 0 saturated carbocycles. The summed E-state index contributed by atoms with van der Waals surface area (Å²) in [5, 5.41) is 11.0. The van der Waals surface area contributed by atoms with Crippen molar-refractivity contribution >= 4 is 22.0 Å². The van der Waals surface area contributed by atoms with E-state index < -0.39 is 15.8 Å². The third-order valence-electron chi connectivity index (χ3n) is 5.20. The number of piperidine rings is 2. The molecule has 140 valence electrons. The summed E-state index contributed by atoms with van der Waals surface area (Å²) in [4.78, 5) is 10.4. The predicted octanol–water partition coefficient (Wildman–Crippen LogP) is -0.563. The van der Waals surface area contributed by atoms with Gasteiger partial charge in [0.25, 0.3) is 10.2 Å². The Bertz CT molecular complexity index is 735. The molecule has 2 atom stereocenters. The molecule has 0 unspecified atom stereocenters. The van der Waals surface area contributed by atoms with E-state index in [1.165, 1.54) is 22.7 Å². The van der Waals surface area contributed by atoms with Gasteiger partial charge in [0, 0.05) is 58.0 Å². The summed E-state index contributed by atoms with van der Waals surface area (Å²) in [7, 11) is -0.434. The minimum absolute atomic E-state index is 0.179. The van der Waals surface area contributed by atoms with Crippen LogP contribution in [0.5, 0.6) is 0 Å². The SMILES string of the molecule is Cc1cc(N2CC[C@@]3(O)CCN(S(=O)(=O)N(C)C)C[C@H]3C2)nc(N)n1. The van der Waals surface area contributed by atoms with Crippen molar-refractivity contribution in [1.29, 1.82) is 0 Å². The normalized spacial score (nSPS) is 28.2. The van der Waals surface area contributed by atoms with Crippen molar-refractivity contribution < 1.29 is 13.5 Å². The Morgan fingerprint density at radius 3 is 2.60 bits per heavy atom. The van der Waals surface area contributed by atoms with Crippen LogP contribution < -0.4 is 10.6 Å². The van der Waals surface area contributed by atoms with Crippen molar-refractivity contribution in [2.24, 2.45) is 5.92 Å². The molecular weight excluding hydrogens is 344 g/mol. The molecule has 0 aromatic carbocycles. The van der Waals surface area contributed by atoms with Gasteiger partial charge in [0.2, 0.25) is 5.95 Å². The number of rotatable bonds is 3. The highest BCUT2D eigenvalue weighted by atomic mass is 32.2. The van der Waals surface area contributed by atoms with Gasteiger partial charge in [-0.2, -0.15) is 22.0 Å². The van der Waals surface area contributed by atoms with Crippen molar-refractivity contribution in [3.05, 3.63) is 11.8 Å². The molecule has 3 N–H and O–H groups in total. The Labute approximate surface area is 148 Å². The van der Waals surface area contributed by atoms with Crippen LogP contribution in [0.4, 0.5) is 11.8 Å². The molecule has 0 bridgehead atoms. The second-order valence-electron chi connectivity index (χ2n) is 7.12. The van der Waals surface area contributed by atoms with E-state index in [0.717, 1.165) is 11.5 Å². The molecule has 0 radical (unpaired) electrons. The van der Waals surface area contributed by atoms with Crippen LogP contribution >= 0.6 is 0 Å². The molecule has 0 aliphatic carbocycles. The van der Waals surface area contributed by atoms with Crippen molar-refractivity contribution in [2.75, 3.05) is 50.9 Å². The van der Waals surface area contributed by atoms with Gasteiger partial charge in [0.05, 0.1) is 5.60 Å². The molecule has 3 rings (SSSR count).